The van der Waals surface area contributed by atoms with Gasteiger partial charge in [0.25, 0.3) is 0 Å². The van der Waals surface area contributed by atoms with Crippen molar-refractivity contribution in [2.45, 2.75) is 12.8 Å². The van der Waals surface area contributed by atoms with E-state index in [1.165, 1.54) is 6.20 Å². The quantitative estimate of drug-likeness (QED) is 0.503. The highest BCUT2D eigenvalue weighted by molar-refractivity contribution is 7.60. The summed E-state index contributed by atoms with van der Waals surface area (Å²) in [5.41, 5.74) is 0. The molecule has 1 rings (SSSR count). The SMILES string of the molecule is C=C[N+]1(OP(=O)(O)OP(=O)(O)O)CCCC1. The summed E-state index contributed by atoms with van der Waals surface area (Å²) in [5.74, 6) is 0. The van der Waals surface area contributed by atoms with E-state index in [4.69, 9.17) is 19.3 Å². The first-order chi connectivity index (χ1) is 7.18. The molecule has 16 heavy (non-hydrogen) atoms. The van der Waals surface area contributed by atoms with Crippen molar-refractivity contribution < 1.29 is 37.4 Å². The van der Waals surface area contributed by atoms with Gasteiger partial charge in [0.05, 0.1) is 0 Å². The number of quaternary nitrogens is 1. The van der Waals surface area contributed by atoms with Crippen LogP contribution in [0.5, 0.6) is 0 Å². The minimum Gasteiger partial charge on any atom is -0.302 e. The molecular weight excluding hydrogens is 260 g/mol. The molecule has 1 aliphatic rings. The Morgan fingerprint density at radius 2 is 1.69 bits per heavy atom. The third-order valence-electron chi connectivity index (χ3n) is 2.13. The summed E-state index contributed by atoms with van der Waals surface area (Å²) in [4.78, 5) is 26.0. The maximum absolute atomic E-state index is 11.3. The van der Waals surface area contributed by atoms with Crippen LogP contribution < -0.4 is 0 Å². The summed E-state index contributed by atoms with van der Waals surface area (Å²) in [5, 5.41) is 0. The van der Waals surface area contributed by atoms with E-state index in [1.54, 1.807) is 0 Å². The normalized spacial score (nSPS) is 23.9. The van der Waals surface area contributed by atoms with Crippen LogP contribution in [0.25, 0.3) is 0 Å². The first kappa shape index (κ1) is 14.0. The Kier molecular flexibility index (Phi) is 4.10. The van der Waals surface area contributed by atoms with Crippen LogP contribution >= 0.6 is 15.6 Å². The lowest BCUT2D eigenvalue weighted by Gasteiger charge is -2.26. The lowest BCUT2D eigenvalue weighted by atomic mass is 10.4. The summed E-state index contributed by atoms with van der Waals surface area (Å²) >= 11 is 0. The predicted octanol–water partition coefficient (Wildman–Crippen LogP) is 0.882. The van der Waals surface area contributed by atoms with Crippen molar-refractivity contribution in [1.29, 1.82) is 0 Å². The molecule has 0 aromatic rings. The Balaban J connectivity index is 2.75. The van der Waals surface area contributed by atoms with E-state index >= 15 is 0 Å². The van der Waals surface area contributed by atoms with Crippen molar-refractivity contribution in [3.8, 4) is 0 Å². The zero-order valence-electron chi connectivity index (χ0n) is 8.43. The summed E-state index contributed by atoms with van der Waals surface area (Å²) in [6.07, 6.45) is 2.84. The van der Waals surface area contributed by atoms with Crippen LogP contribution in [0.3, 0.4) is 0 Å². The molecule has 1 aliphatic heterocycles. The number of hydrogen-bond acceptors (Lipinski definition) is 4. The molecule has 0 radical (unpaired) electrons. The molecule has 3 N–H and O–H groups in total. The molecule has 94 valence electrons. The van der Waals surface area contributed by atoms with E-state index < -0.39 is 15.6 Å². The first-order valence-electron chi connectivity index (χ1n) is 4.49. The molecule has 0 spiro atoms. The minimum atomic E-state index is -5.07. The molecule has 0 aromatic heterocycles. The van der Waals surface area contributed by atoms with Crippen LogP contribution in [0.4, 0.5) is 0 Å². The topological polar surface area (TPSA) is 113 Å². The van der Waals surface area contributed by atoms with Gasteiger partial charge in [0.15, 0.2) is 0 Å². The van der Waals surface area contributed by atoms with Gasteiger partial charge in [-0.25, -0.2) is 9.13 Å². The van der Waals surface area contributed by atoms with Crippen LogP contribution in [0, 0.1) is 0 Å². The van der Waals surface area contributed by atoms with Gasteiger partial charge in [-0.15, -0.1) is 4.65 Å². The standard InChI is InChI=1S/C6H13NO7P2/c1-2-7(5-3-4-6-7)13-16(11,12)14-15(8,9)10/h2H,1,3-6H2,(H2-,8,9,10,11,12)/p+1. The Bertz CT molecular complexity index is 358. The van der Waals surface area contributed by atoms with Crippen molar-refractivity contribution >= 4 is 15.6 Å². The molecule has 1 heterocycles. The zero-order valence-corrected chi connectivity index (χ0v) is 10.2. The molecule has 1 unspecified atom stereocenters. The van der Waals surface area contributed by atoms with Gasteiger partial charge in [-0.3, -0.25) is 4.89 Å². The Labute approximate surface area is 92.5 Å². The van der Waals surface area contributed by atoms with Gasteiger partial charge in [0.1, 0.15) is 19.3 Å². The van der Waals surface area contributed by atoms with Crippen LogP contribution in [0.1, 0.15) is 12.8 Å². The third kappa shape index (κ3) is 4.08. The number of phosphoric acid groups is 2. The van der Waals surface area contributed by atoms with Gasteiger partial charge in [0, 0.05) is 12.8 Å². The average molecular weight is 274 g/mol. The number of nitrogens with zero attached hydrogens (tertiary/aromatic N) is 1. The molecule has 0 amide bonds. The van der Waals surface area contributed by atoms with E-state index in [1.807, 2.05) is 0 Å². The van der Waals surface area contributed by atoms with E-state index in [-0.39, 0.29) is 4.65 Å². The average Bonchev–Trinajstić information content (AvgIpc) is 2.48. The predicted molar refractivity (Wildman–Crippen MR) is 53.5 cm³/mol. The summed E-state index contributed by atoms with van der Waals surface area (Å²) in [7, 11) is -9.87. The van der Waals surface area contributed by atoms with E-state index in [2.05, 4.69) is 10.9 Å². The fourth-order valence-electron chi connectivity index (χ4n) is 1.52. The van der Waals surface area contributed by atoms with Crippen LogP contribution in [0.15, 0.2) is 12.8 Å². The fraction of sp³-hybridized carbons (Fsp3) is 0.667. The van der Waals surface area contributed by atoms with Gasteiger partial charge in [-0.1, -0.05) is 4.62 Å². The van der Waals surface area contributed by atoms with Crippen LogP contribution in [-0.4, -0.2) is 32.4 Å². The first-order valence-corrected chi connectivity index (χ1v) is 7.52. The van der Waals surface area contributed by atoms with Crippen molar-refractivity contribution in [2.24, 2.45) is 0 Å². The smallest absolute Gasteiger partial charge is 0.302 e. The second-order valence-electron chi connectivity index (χ2n) is 3.41. The van der Waals surface area contributed by atoms with Crippen molar-refractivity contribution in [2.75, 3.05) is 13.1 Å². The van der Waals surface area contributed by atoms with Gasteiger partial charge in [-0.2, -0.15) is 4.31 Å². The number of hydroxylamine groups is 3. The highest BCUT2D eigenvalue weighted by Crippen LogP contribution is 2.59. The zero-order chi connectivity index (χ0) is 12.4. The van der Waals surface area contributed by atoms with Crippen molar-refractivity contribution in [1.82, 2.24) is 0 Å². The summed E-state index contributed by atoms with van der Waals surface area (Å²) in [6.45, 7) is 4.29. The summed E-state index contributed by atoms with van der Waals surface area (Å²) < 4.78 is 29.8. The Morgan fingerprint density at radius 3 is 2.06 bits per heavy atom. The second-order valence-corrected chi connectivity index (χ2v) is 6.15. The van der Waals surface area contributed by atoms with Crippen LogP contribution in [0.2, 0.25) is 0 Å². The summed E-state index contributed by atoms with van der Waals surface area (Å²) in [6, 6.07) is 0. The lowest BCUT2D eigenvalue weighted by molar-refractivity contribution is -1.03. The molecule has 8 nitrogen and oxygen atoms in total. The van der Waals surface area contributed by atoms with Gasteiger partial charge < -0.3 is 9.79 Å². The molecule has 0 aromatic carbocycles. The number of rotatable bonds is 5. The molecule has 1 fully saturated rings. The van der Waals surface area contributed by atoms with Crippen molar-refractivity contribution in [3.05, 3.63) is 12.8 Å². The van der Waals surface area contributed by atoms with Gasteiger partial charge in [-0.05, 0) is 6.58 Å². The lowest BCUT2D eigenvalue weighted by Crippen LogP contribution is -2.38. The Hall–Kier alpha value is -0.0400. The Morgan fingerprint density at radius 1 is 1.19 bits per heavy atom. The number of likely N-dealkylation sites (tertiary alicyclic amines) is 1. The third-order valence-corrected chi connectivity index (χ3v) is 4.34. The molecule has 0 saturated carbocycles. The molecule has 1 atom stereocenters. The van der Waals surface area contributed by atoms with E-state index in [0.29, 0.717) is 13.1 Å². The molecule has 10 heteroatoms. The fourth-order valence-corrected chi connectivity index (χ4v) is 3.36. The molecular formula is C6H14NO7P2+. The van der Waals surface area contributed by atoms with Crippen LogP contribution in [-0.2, 0) is 18.1 Å². The molecule has 0 aliphatic carbocycles. The monoisotopic (exact) mass is 274 g/mol. The van der Waals surface area contributed by atoms with E-state index in [9.17, 15) is 9.13 Å². The highest BCUT2D eigenvalue weighted by Gasteiger charge is 2.44. The number of hydrogen-bond donors (Lipinski definition) is 3. The largest absolute Gasteiger partial charge is 0.527 e. The van der Waals surface area contributed by atoms with Gasteiger partial charge >= 0.3 is 15.6 Å². The molecule has 0 bridgehead atoms. The van der Waals surface area contributed by atoms with E-state index in [0.717, 1.165) is 12.8 Å². The second kappa shape index (κ2) is 4.68. The van der Waals surface area contributed by atoms with Crippen molar-refractivity contribution in [3.63, 3.8) is 0 Å². The maximum atomic E-state index is 11.3. The minimum absolute atomic E-state index is 0.340. The molecule has 1 saturated heterocycles. The maximum Gasteiger partial charge on any atom is 0.527 e. The van der Waals surface area contributed by atoms with Gasteiger partial charge in [0.2, 0.25) is 0 Å². The highest BCUT2D eigenvalue weighted by atomic mass is 31.3.